The van der Waals surface area contributed by atoms with Crippen molar-refractivity contribution in [3.05, 3.63) is 93.7 Å². The number of benzene rings is 2. The van der Waals surface area contributed by atoms with Gasteiger partial charge in [-0.3, -0.25) is 4.79 Å². The first-order valence-corrected chi connectivity index (χ1v) is 9.88. The van der Waals surface area contributed by atoms with Crippen molar-refractivity contribution in [2.24, 2.45) is 0 Å². The zero-order chi connectivity index (χ0) is 21.3. The van der Waals surface area contributed by atoms with Gasteiger partial charge in [0.15, 0.2) is 0 Å². The number of halogens is 3. The van der Waals surface area contributed by atoms with E-state index >= 15 is 0 Å². The van der Waals surface area contributed by atoms with Crippen LogP contribution in [0.3, 0.4) is 0 Å². The fourth-order valence-corrected chi connectivity index (χ4v) is 3.97. The predicted molar refractivity (Wildman–Crippen MR) is 112 cm³/mol. The van der Waals surface area contributed by atoms with Crippen molar-refractivity contribution < 1.29 is 13.2 Å². The fourth-order valence-electron chi connectivity index (χ4n) is 3.16. The number of nitrogen functional groups attached to an aromatic ring is 1. The lowest BCUT2D eigenvalue weighted by atomic mass is 10.1. The second-order valence-corrected chi connectivity index (χ2v) is 7.48. The number of alkyl halides is 3. The Kier molecular flexibility index (Phi) is 5.17. The Bertz CT molecular complexity index is 1230. The molecular weight excluding hydrogens is 411 g/mol. The lowest BCUT2D eigenvalue weighted by Gasteiger charge is -2.17. The number of nitrogens with two attached hydrogens (primary N) is 1. The molecule has 0 fully saturated rings. The van der Waals surface area contributed by atoms with Gasteiger partial charge in [-0.2, -0.15) is 13.2 Å². The predicted octanol–water partition coefficient (Wildman–Crippen LogP) is 5.29. The molecule has 0 saturated heterocycles. The van der Waals surface area contributed by atoms with E-state index in [1.807, 2.05) is 30.3 Å². The van der Waals surface area contributed by atoms with E-state index in [-0.39, 0.29) is 12.2 Å². The SMILES string of the molecule is Nc1c(C(F)(F)F)cc(-c2ccccc2)n(Cc2csc(-c3ccccc3)n2)c1=O. The van der Waals surface area contributed by atoms with Gasteiger partial charge < -0.3 is 10.3 Å². The van der Waals surface area contributed by atoms with Gasteiger partial charge in [0.1, 0.15) is 10.7 Å². The Morgan fingerprint density at radius 1 is 0.967 bits per heavy atom. The standard InChI is InChI=1S/C22H16F3N3OS/c23-22(24,25)17-11-18(14-7-3-1-4-8-14)28(21(29)19(17)26)12-16-13-30-20(27-16)15-9-5-2-6-10-15/h1-11,13H,12,26H2. The fraction of sp³-hybridized carbons (Fsp3) is 0.0909. The van der Waals surface area contributed by atoms with Crippen LogP contribution in [0.15, 0.2) is 76.9 Å². The van der Waals surface area contributed by atoms with Gasteiger partial charge in [0.2, 0.25) is 0 Å². The molecule has 8 heteroatoms. The number of hydrogen-bond donors (Lipinski definition) is 1. The van der Waals surface area contributed by atoms with Gasteiger partial charge in [0.05, 0.1) is 23.5 Å². The van der Waals surface area contributed by atoms with Crippen molar-refractivity contribution in [3.8, 4) is 21.8 Å². The summed E-state index contributed by atoms with van der Waals surface area (Å²) < 4.78 is 41.5. The normalized spacial score (nSPS) is 11.6. The Hall–Kier alpha value is -3.39. The van der Waals surface area contributed by atoms with E-state index in [4.69, 9.17) is 5.73 Å². The van der Waals surface area contributed by atoms with E-state index in [0.29, 0.717) is 11.3 Å². The summed E-state index contributed by atoms with van der Waals surface area (Å²) in [7, 11) is 0. The number of pyridine rings is 1. The number of aromatic nitrogens is 2. The minimum absolute atomic E-state index is 0.00866. The summed E-state index contributed by atoms with van der Waals surface area (Å²) in [5, 5.41) is 2.55. The molecule has 0 atom stereocenters. The van der Waals surface area contributed by atoms with Crippen LogP contribution in [0.25, 0.3) is 21.8 Å². The van der Waals surface area contributed by atoms with Gasteiger partial charge in [-0.05, 0) is 11.6 Å². The molecule has 4 aromatic rings. The van der Waals surface area contributed by atoms with Crippen LogP contribution in [0.5, 0.6) is 0 Å². The molecule has 0 aliphatic heterocycles. The smallest absolute Gasteiger partial charge is 0.394 e. The topological polar surface area (TPSA) is 60.9 Å². The molecule has 2 N–H and O–H groups in total. The first-order chi connectivity index (χ1) is 14.3. The summed E-state index contributed by atoms with van der Waals surface area (Å²) in [6, 6.07) is 18.9. The molecule has 0 aliphatic carbocycles. The lowest BCUT2D eigenvalue weighted by Crippen LogP contribution is -2.28. The summed E-state index contributed by atoms with van der Waals surface area (Å²) in [5.74, 6) is 0. The van der Waals surface area contributed by atoms with Crippen LogP contribution in [0.4, 0.5) is 18.9 Å². The number of hydrogen-bond acceptors (Lipinski definition) is 4. The van der Waals surface area contributed by atoms with Crippen molar-refractivity contribution in [1.29, 1.82) is 0 Å². The molecule has 0 unspecified atom stereocenters. The molecular formula is C22H16F3N3OS. The zero-order valence-corrected chi connectivity index (χ0v) is 16.4. The van der Waals surface area contributed by atoms with Crippen LogP contribution in [0.1, 0.15) is 11.3 Å². The second kappa shape index (κ2) is 7.79. The third kappa shape index (κ3) is 3.86. The highest BCUT2D eigenvalue weighted by Crippen LogP contribution is 2.35. The molecule has 152 valence electrons. The molecule has 2 aromatic heterocycles. The molecule has 2 heterocycles. The van der Waals surface area contributed by atoms with Crippen LogP contribution in [-0.4, -0.2) is 9.55 Å². The van der Waals surface area contributed by atoms with E-state index < -0.39 is 23.0 Å². The van der Waals surface area contributed by atoms with Gasteiger partial charge >= 0.3 is 6.18 Å². The van der Waals surface area contributed by atoms with Crippen molar-refractivity contribution in [1.82, 2.24) is 9.55 Å². The van der Waals surface area contributed by atoms with Gasteiger partial charge in [-0.1, -0.05) is 60.7 Å². The van der Waals surface area contributed by atoms with Crippen LogP contribution < -0.4 is 11.3 Å². The summed E-state index contributed by atoms with van der Waals surface area (Å²) in [6.07, 6.45) is -4.73. The first kappa shape index (κ1) is 19.9. The highest BCUT2D eigenvalue weighted by atomic mass is 32.1. The largest absolute Gasteiger partial charge is 0.418 e. The summed E-state index contributed by atoms with van der Waals surface area (Å²) >= 11 is 1.40. The highest BCUT2D eigenvalue weighted by Gasteiger charge is 2.35. The zero-order valence-electron chi connectivity index (χ0n) is 15.6. The van der Waals surface area contributed by atoms with Crippen molar-refractivity contribution in [2.45, 2.75) is 12.7 Å². The summed E-state index contributed by atoms with van der Waals surface area (Å²) in [6.45, 7) is 0.00866. The van der Waals surface area contributed by atoms with Crippen LogP contribution in [0.2, 0.25) is 0 Å². The van der Waals surface area contributed by atoms with Gasteiger partial charge in [0.25, 0.3) is 5.56 Å². The third-order valence-electron chi connectivity index (χ3n) is 4.61. The average molecular weight is 427 g/mol. The number of rotatable bonds is 4. The molecule has 0 saturated carbocycles. The summed E-state index contributed by atoms with van der Waals surface area (Å²) in [4.78, 5) is 17.4. The second-order valence-electron chi connectivity index (χ2n) is 6.62. The van der Waals surface area contributed by atoms with Crippen LogP contribution >= 0.6 is 11.3 Å². The Morgan fingerprint density at radius 3 is 2.17 bits per heavy atom. The molecule has 0 radical (unpaired) electrons. The highest BCUT2D eigenvalue weighted by molar-refractivity contribution is 7.13. The Balaban J connectivity index is 1.83. The van der Waals surface area contributed by atoms with Gasteiger partial charge in [-0.15, -0.1) is 11.3 Å². The molecule has 0 bridgehead atoms. The van der Waals surface area contributed by atoms with Crippen LogP contribution in [-0.2, 0) is 12.7 Å². The van der Waals surface area contributed by atoms with E-state index in [9.17, 15) is 18.0 Å². The van der Waals surface area contributed by atoms with Gasteiger partial charge in [-0.25, -0.2) is 4.98 Å². The van der Waals surface area contributed by atoms with Crippen molar-refractivity contribution in [2.75, 3.05) is 5.73 Å². The molecule has 0 amide bonds. The Morgan fingerprint density at radius 2 is 1.57 bits per heavy atom. The molecule has 4 rings (SSSR count). The number of anilines is 1. The maximum atomic E-state index is 13.4. The maximum Gasteiger partial charge on any atom is 0.418 e. The van der Waals surface area contributed by atoms with E-state index in [2.05, 4.69) is 4.98 Å². The molecule has 4 nitrogen and oxygen atoms in total. The maximum absolute atomic E-state index is 13.4. The first-order valence-electron chi connectivity index (χ1n) is 9.00. The lowest BCUT2D eigenvalue weighted by molar-refractivity contribution is -0.137. The Labute approximate surface area is 174 Å². The summed E-state index contributed by atoms with van der Waals surface area (Å²) in [5.41, 5.74) is 4.87. The molecule has 0 aliphatic rings. The van der Waals surface area contributed by atoms with E-state index in [1.165, 1.54) is 15.9 Å². The van der Waals surface area contributed by atoms with Gasteiger partial charge in [0, 0.05) is 10.9 Å². The van der Waals surface area contributed by atoms with E-state index in [0.717, 1.165) is 16.6 Å². The van der Waals surface area contributed by atoms with Crippen molar-refractivity contribution in [3.63, 3.8) is 0 Å². The quantitative estimate of drug-likeness (QED) is 0.482. The minimum atomic E-state index is -4.73. The van der Waals surface area contributed by atoms with Crippen LogP contribution in [0, 0.1) is 0 Å². The van der Waals surface area contributed by atoms with Crippen molar-refractivity contribution >= 4 is 17.0 Å². The van der Waals surface area contributed by atoms with E-state index in [1.54, 1.807) is 35.7 Å². The minimum Gasteiger partial charge on any atom is -0.394 e. The molecule has 0 spiro atoms. The monoisotopic (exact) mass is 427 g/mol. The molecule has 2 aromatic carbocycles. The molecule has 30 heavy (non-hydrogen) atoms. The average Bonchev–Trinajstić information content (AvgIpc) is 3.21. The number of nitrogens with zero attached hydrogens (tertiary/aromatic N) is 2. The number of thiazole rings is 1. The third-order valence-corrected chi connectivity index (χ3v) is 5.55.